The summed E-state index contributed by atoms with van der Waals surface area (Å²) in [5.74, 6) is 1.82. The number of hydrogen-bond donors (Lipinski definition) is 0. The quantitative estimate of drug-likeness (QED) is 0.659. The van der Waals surface area contributed by atoms with Crippen LogP contribution in [0.2, 0.25) is 21.3 Å². The van der Waals surface area contributed by atoms with E-state index in [1.807, 2.05) is 24.3 Å². The van der Waals surface area contributed by atoms with Crippen molar-refractivity contribution in [2.45, 2.75) is 27.7 Å². The van der Waals surface area contributed by atoms with Gasteiger partial charge in [0.25, 0.3) is 0 Å². The Labute approximate surface area is 116 Å². The fourth-order valence-corrected chi connectivity index (χ4v) is 5.67. The molecule has 1 aliphatic rings. The van der Waals surface area contributed by atoms with Crippen LogP contribution in [0.15, 0.2) is 24.3 Å². The van der Waals surface area contributed by atoms with E-state index in [1.54, 1.807) is 0 Å². The number of para-hydroxylation sites is 2. The molecule has 0 aromatic heterocycles. The molecule has 0 spiro atoms. The summed E-state index contributed by atoms with van der Waals surface area (Å²) < 4.78 is 11.6. The van der Waals surface area contributed by atoms with Gasteiger partial charge >= 0.3 is 116 Å². The van der Waals surface area contributed by atoms with E-state index in [-0.39, 0.29) is 0 Å². The Hall–Kier alpha value is -0.141. The first-order valence-corrected chi connectivity index (χ1v) is 10.8. The molecule has 0 atom stereocenters. The zero-order chi connectivity index (χ0) is 11.8. The molecule has 0 fully saturated rings. The predicted molar refractivity (Wildman–Crippen MR) is 72.8 cm³/mol. The minimum absolute atomic E-state index is 0.764. The summed E-state index contributed by atoms with van der Waals surface area (Å²) in [7, 11) is 0. The molecule has 1 aromatic rings. The van der Waals surface area contributed by atoms with Gasteiger partial charge in [0.2, 0.25) is 0 Å². The Kier molecular flexibility index (Phi) is 6.29. The van der Waals surface area contributed by atoms with Crippen molar-refractivity contribution in [1.29, 1.82) is 0 Å². The Morgan fingerprint density at radius 2 is 1.29 bits per heavy atom. The van der Waals surface area contributed by atoms with E-state index in [1.165, 1.54) is 27.7 Å². The molecule has 0 N–H and O–H groups in total. The van der Waals surface area contributed by atoms with Crippen LogP contribution in [0, 0.1) is 0 Å². The van der Waals surface area contributed by atoms with Gasteiger partial charge in [0.05, 0.1) is 0 Å². The van der Waals surface area contributed by atoms with E-state index in [4.69, 9.17) is 9.47 Å². The van der Waals surface area contributed by atoms with Crippen molar-refractivity contribution in [2.24, 2.45) is 0 Å². The van der Waals surface area contributed by atoms with Gasteiger partial charge in [-0.05, 0) is 0 Å². The minimum atomic E-state index is 0.764. The average molecular weight is 364 g/mol. The van der Waals surface area contributed by atoms with Crippen LogP contribution in [-0.4, -0.2) is 43.1 Å². The van der Waals surface area contributed by atoms with Crippen LogP contribution in [-0.2, 0) is 0 Å². The first kappa shape index (κ1) is 13.3. The normalized spacial score (nSPS) is 18.6. The molecule has 0 aliphatic carbocycles. The molecular formula is C13H18O2Se2. The number of benzene rings is 1. The van der Waals surface area contributed by atoms with Crippen LogP contribution < -0.4 is 9.47 Å². The van der Waals surface area contributed by atoms with Crippen LogP contribution in [0.1, 0.15) is 6.42 Å². The monoisotopic (exact) mass is 366 g/mol. The molecule has 0 amide bonds. The third kappa shape index (κ3) is 4.93. The number of fused-ring (bicyclic) bond motifs is 1. The maximum absolute atomic E-state index is 5.80. The average Bonchev–Trinajstić information content (AvgIpc) is 2.38. The van der Waals surface area contributed by atoms with Gasteiger partial charge in [-0.25, -0.2) is 0 Å². The fourth-order valence-electron chi connectivity index (χ4n) is 1.58. The molecule has 0 unspecified atom stereocenters. The van der Waals surface area contributed by atoms with Crippen molar-refractivity contribution >= 4 is 29.9 Å². The van der Waals surface area contributed by atoms with Gasteiger partial charge in [-0.1, -0.05) is 0 Å². The molecular weight excluding hydrogens is 346 g/mol. The van der Waals surface area contributed by atoms with Crippen molar-refractivity contribution in [1.82, 2.24) is 0 Å². The summed E-state index contributed by atoms with van der Waals surface area (Å²) in [5, 5.41) is 5.27. The molecule has 0 bridgehead atoms. The Balaban J connectivity index is 1.95. The van der Waals surface area contributed by atoms with Crippen LogP contribution in [0.3, 0.4) is 0 Å². The van der Waals surface area contributed by atoms with E-state index in [0.29, 0.717) is 0 Å². The van der Waals surface area contributed by atoms with Crippen LogP contribution in [0.4, 0.5) is 0 Å². The second-order valence-corrected chi connectivity index (χ2v) is 8.86. The van der Waals surface area contributed by atoms with Crippen LogP contribution in [0.5, 0.6) is 11.5 Å². The molecule has 4 heteroatoms. The molecule has 1 heterocycles. The van der Waals surface area contributed by atoms with Gasteiger partial charge in [-0.15, -0.1) is 0 Å². The van der Waals surface area contributed by atoms with Crippen molar-refractivity contribution in [3.8, 4) is 11.5 Å². The summed E-state index contributed by atoms with van der Waals surface area (Å²) in [6, 6.07) is 8.03. The molecule has 2 nitrogen and oxygen atoms in total. The number of rotatable bonds is 0. The third-order valence-corrected chi connectivity index (χ3v) is 6.73. The maximum atomic E-state index is 5.80. The Bertz CT molecular complexity index is 300. The van der Waals surface area contributed by atoms with E-state index in [9.17, 15) is 0 Å². The second-order valence-electron chi connectivity index (χ2n) is 3.72. The molecule has 0 saturated heterocycles. The molecule has 0 saturated carbocycles. The molecule has 94 valence electrons. The first-order chi connectivity index (χ1) is 8.47. The molecule has 1 aliphatic heterocycles. The Morgan fingerprint density at radius 1 is 0.765 bits per heavy atom. The summed E-state index contributed by atoms with van der Waals surface area (Å²) in [6.07, 6.45) is 1.41. The summed E-state index contributed by atoms with van der Waals surface area (Å²) in [4.78, 5) is 0. The summed E-state index contributed by atoms with van der Waals surface area (Å²) >= 11 is 1.53. The van der Waals surface area contributed by atoms with E-state index in [0.717, 1.165) is 54.6 Å². The summed E-state index contributed by atoms with van der Waals surface area (Å²) in [5.41, 5.74) is 0. The topological polar surface area (TPSA) is 18.5 Å². The second kappa shape index (κ2) is 8.05. The standard InChI is InChI=1S/C13H18O2Se2/c1-2-5-13-12(4-1)14-6-10-16-8-3-9-17-11-7-15-13/h1-2,4-5H,3,6-11H2. The van der Waals surface area contributed by atoms with E-state index in [2.05, 4.69) is 0 Å². The van der Waals surface area contributed by atoms with Gasteiger partial charge in [0.15, 0.2) is 0 Å². The first-order valence-electron chi connectivity index (χ1n) is 5.97. The van der Waals surface area contributed by atoms with Gasteiger partial charge in [-0.2, -0.15) is 0 Å². The number of ether oxygens (including phenoxy) is 2. The van der Waals surface area contributed by atoms with Crippen LogP contribution in [0.25, 0.3) is 0 Å². The van der Waals surface area contributed by atoms with Crippen molar-refractivity contribution in [3.63, 3.8) is 0 Å². The van der Waals surface area contributed by atoms with Crippen LogP contribution >= 0.6 is 0 Å². The van der Waals surface area contributed by atoms with Crippen molar-refractivity contribution < 1.29 is 9.47 Å². The number of hydrogen-bond acceptors (Lipinski definition) is 2. The van der Waals surface area contributed by atoms with Gasteiger partial charge < -0.3 is 0 Å². The zero-order valence-electron chi connectivity index (χ0n) is 9.89. The van der Waals surface area contributed by atoms with Crippen molar-refractivity contribution in [2.75, 3.05) is 13.2 Å². The van der Waals surface area contributed by atoms with Gasteiger partial charge in [-0.3, -0.25) is 0 Å². The fraction of sp³-hybridized carbons (Fsp3) is 0.538. The van der Waals surface area contributed by atoms with Gasteiger partial charge in [0.1, 0.15) is 0 Å². The molecule has 2 rings (SSSR count). The van der Waals surface area contributed by atoms with Gasteiger partial charge in [0, 0.05) is 0 Å². The zero-order valence-corrected chi connectivity index (χ0v) is 13.3. The Morgan fingerprint density at radius 3 is 1.82 bits per heavy atom. The third-order valence-electron chi connectivity index (χ3n) is 2.40. The molecule has 0 radical (unpaired) electrons. The molecule has 1 aromatic carbocycles. The summed E-state index contributed by atoms with van der Waals surface area (Å²) in [6.45, 7) is 1.68. The van der Waals surface area contributed by atoms with Crippen molar-refractivity contribution in [3.05, 3.63) is 24.3 Å². The van der Waals surface area contributed by atoms with E-state index >= 15 is 0 Å². The molecule has 17 heavy (non-hydrogen) atoms. The van der Waals surface area contributed by atoms with E-state index < -0.39 is 0 Å². The SMILES string of the molecule is c1ccc2c(c1)OCC[Se]CCC[Se]CCO2. The predicted octanol–water partition coefficient (Wildman–Crippen LogP) is 2.93.